The van der Waals surface area contributed by atoms with Gasteiger partial charge >= 0.3 is 0 Å². The fraction of sp³-hybridized carbons (Fsp3) is 0.700. The molecule has 0 aliphatic rings. The molecule has 0 saturated carbocycles. The maximum atomic E-state index is 4.10. The molecule has 0 aromatic carbocycles. The van der Waals surface area contributed by atoms with Crippen molar-refractivity contribution in [3.8, 4) is 0 Å². The molecule has 0 unspecified atom stereocenters. The first-order valence-electron chi connectivity index (χ1n) is 4.66. The Labute approximate surface area is 91.5 Å². The van der Waals surface area contributed by atoms with E-state index in [1.165, 1.54) is 0 Å². The maximum Gasteiger partial charge on any atom is 0.191 e. The van der Waals surface area contributed by atoms with E-state index in [-0.39, 0.29) is 4.75 Å². The number of guanidine groups is 1. The van der Waals surface area contributed by atoms with Gasteiger partial charge in [-0.05, 0) is 20.1 Å². The summed E-state index contributed by atoms with van der Waals surface area (Å²) in [6.45, 7) is 9.67. The molecule has 0 saturated heterocycles. The summed E-state index contributed by atoms with van der Waals surface area (Å²) in [5, 5.41) is 6.39. The van der Waals surface area contributed by atoms with Crippen LogP contribution in [0, 0.1) is 0 Å². The van der Waals surface area contributed by atoms with Crippen LogP contribution in [0.5, 0.6) is 0 Å². The van der Waals surface area contributed by atoms with Gasteiger partial charge in [0.25, 0.3) is 0 Å². The molecular weight excluding hydrogens is 194 g/mol. The lowest BCUT2D eigenvalue weighted by Gasteiger charge is -2.23. The first-order chi connectivity index (χ1) is 6.55. The summed E-state index contributed by atoms with van der Waals surface area (Å²) in [5.41, 5.74) is 0. The SMILES string of the molecule is C=CCNC(=NC)NCC(C)(C)SC. The van der Waals surface area contributed by atoms with Gasteiger partial charge in [-0.3, -0.25) is 4.99 Å². The summed E-state index contributed by atoms with van der Waals surface area (Å²) in [7, 11) is 1.77. The second-order valence-corrected chi connectivity index (χ2v) is 5.07. The molecule has 2 N–H and O–H groups in total. The zero-order chi connectivity index (χ0) is 11.0. The fourth-order valence-electron chi connectivity index (χ4n) is 0.758. The van der Waals surface area contributed by atoms with Gasteiger partial charge in [0.2, 0.25) is 0 Å². The van der Waals surface area contributed by atoms with Gasteiger partial charge in [0.15, 0.2) is 5.96 Å². The molecule has 0 bridgehead atoms. The summed E-state index contributed by atoms with van der Waals surface area (Å²) in [6, 6.07) is 0. The van der Waals surface area contributed by atoms with Crippen LogP contribution in [0.25, 0.3) is 0 Å². The van der Waals surface area contributed by atoms with Crippen LogP contribution < -0.4 is 10.6 Å². The van der Waals surface area contributed by atoms with Gasteiger partial charge in [-0.1, -0.05) is 6.08 Å². The van der Waals surface area contributed by atoms with E-state index >= 15 is 0 Å². The van der Waals surface area contributed by atoms with Crippen molar-refractivity contribution >= 4 is 17.7 Å². The molecule has 0 fully saturated rings. The van der Waals surface area contributed by atoms with E-state index in [1.807, 2.05) is 17.8 Å². The van der Waals surface area contributed by atoms with E-state index in [0.29, 0.717) is 0 Å². The minimum Gasteiger partial charge on any atom is -0.355 e. The molecule has 0 rings (SSSR count). The van der Waals surface area contributed by atoms with E-state index in [0.717, 1.165) is 19.0 Å². The highest BCUT2D eigenvalue weighted by molar-refractivity contribution is 7.99. The highest BCUT2D eigenvalue weighted by atomic mass is 32.2. The highest BCUT2D eigenvalue weighted by Crippen LogP contribution is 2.19. The third-order valence-corrected chi connectivity index (χ3v) is 3.12. The lowest BCUT2D eigenvalue weighted by molar-refractivity contribution is 0.668. The quantitative estimate of drug-likeness (QED) is 0.414. The predicted molar refractivity (Wildman–Crippen MR) is 67.2 cm³/mol. The molecule has 14 heavy (non-hydrogen) atoms. The minimum absolute atomic E-state index is 0.228. The van der Waals surface area contributed by atoms with Crippen molar-refractivity contribution in [3.63, 3.8) is 0 Å². The summed E-state index contributed by atoms with van der Waals surface area (Å²) >= 11 is 1.84. The van der Waals surface area contributed by atoms with E-state index in [1.54, 1.807) is 7.05 Å². The molecule has 0 heterocycles. The average Bonchev–Trinajstić information content (AvgIpc) is 2.18. The molecule has 82 valence electrons. The van der Waals surface area contributed by atoms with Crippen molar-refractivity contribution in [2.24, 2.45) is 4.99 Å². The number of thioether (sulfide) groups is 1. The number of aliphatic imine (C=N–C) groups is 1. The van der Waals surface area contributed by atoms with Crippen molar-refractivity contribution in [1.29, 1.82) is 0 Å². The van der Waals surface area contributed by atoms with E-state index in [9.17, 15) is 0 Å². The lowest BCUT2D eigenvalue weighted by Crippen LogP contribution is -2.43. The fourth-order valence-corrected chi connectivity index (χ4v) is 0.975. The van der Waals surface area contributed by atoms with Gasteiger partial charge in [0.1, 0.15) is 0 Å². The summed E-state index contributed by atoms with van der Waals surface area (Å²) in [6.07, 6.45) is 3.92. The molecular formula is C10H21N3S. The Kier molecular flexibility index (Phi) is 6.45. The van der Waals surface area contributed by atoms with Crippen molar-refractivity contribution < 1.29 is 0 Å². The van der Waals surface area contributed by atoms with Crippen LogP contribution in [0.1, 0.15) is 13.8 Å². The topological polar surface area (TPSA) is 36.4 Å². The van der Waals surface area contributed by atoms with Crippen LogP contribution in [0.15, 0.2) is 17.6 Å². The summed E-state index contributed by atoms with van der Waals surface area (Å²) < 4.78 is 0.228. The van der Waals surface area contributed by atoms with Gasteiger partial charge < -0.3 is 10.6 Å². The molecule has 0 aromatic rings. The Balaban J connectivity index is 3.90. The Morgan fingerprint density at radius 1 is 1.50 bits per heavy atom. The number of nitrogens with one attached hydrogen (secondary N) is 2. The van der Waals surface area contributed by atoms with Crippen molar-refractivity contribution in [1.82, 2.24) is 10.6 Å². The molecule has 0 aliphatic heterocycles. The Morgan fingerprint density at radius 2 is 2.14 bits per heavy atom. The molecule has 0 radical (unpaired) electrons. The Hall–Kier alpha value is -0.640. The second-order valence-electron chi connectivity index (χ2n) is 3.56. The van der Waals surface area contributed by atoms with Crippen LogP contribution in [0.2, 0.25) is 0 Å². The molecule has 0 aromatic heterocycles. The first kappa shape index (κ1) is 13.4. The van der Waals surface area contributed by atoms with Crippen LogP contribution in [0.3, 0.4) is 0 Å². The summed E-state index contributed by atoms with van der Waals surface area (Å²) in [4.78, 5) is 4.10. The van der Waals surface area contributed by atoms with Crippen molar-refractivity contribution in [2.45, 2.75) is 18.6 Å². The highest BCUT2D eigenvalue weighted by Gasteiger charge is 2.15. The van der Waals surface area contributed by atoms with Crippen LogP contribution >= 0.6 is 11.8 Å². The standard InChI is InChI=1S/C10H21N3S/c1-6-7-12-9(11-4)13-8-10(2,3)14-5/h6H,1,7-8H2,2-5H3,(H2,11,12,13). The van der Waals surface area contributed by atoms with Gasteiger partial charge in [-0.25, -0.2) is 0 Å². The summed E-state index contributed by atoms with van der Waals surface area (Å²) in [5.74, 6) is 0.826. The van der Waals surface area contributed by atoms with Crippen LogP contribution in [-0.2, 0) is 0 Å². The predicted octanol–water partition coefficient (Wildman–Crippen LogP) is 1.48. The number of hydrogen-bond acceptors (Lipinski definition) is 2. The third-order valence-electron chi connectivity index (χ3n) is 1.87. The number of hydrogen-bond donors (Lipinski definition) is 2. The number of nitrogens with zero attached hydrogens (tertiary/aromatic N) is 1. The van der Waals surface area contributed by atoms with Crippen LogP contribution in [0.4, 0.5) is 0 Å². The largest absolute Gasteiger partial charge is 0.355 e. The van der Waals surface area contributed by atoms with Gasteiger partial charge in [-0.2, -0.15) is 11.8 Å². The Morgan fingerprint density at radius 3 is 2.57 bits per heavy atom. The van der Waals surface area contributed by atoms with Gasteiger partial charge in [0.05, 0.1) is 0 Å². The molecule has 0 spiro atoms. The van der Waals surface area contributed by atoms with Gasteiger partial charge in [-0.15, -0.1) is 6.58 Å². The van der Waals surface area contributed by atoms with Crippen molar-refractivity contribution in [2.75, 3.05) is 26.4 Å². The average molecular weight is 215 g/mol. The molecule has 4 heteroatoms. The van der Waals surface area contributed by atoms with E-state index in [4.69, 9.17) is 0 Å². The first-order valence-corrected chi connectivity index (χ1v) is 5.89. The monoisotopic (exact) mass is 215 g/mol. The second kappa shape index (κ2) is 6.76. The normalized spacial score (nSPS) is 12.4. The van der Waals surface area contributed by atoms with Gasteiger partial charge in [0, 0.05) is 24.9 Å². The maximum absolute atomic E-state index is 4.10. The number of rotatable bonds is 5. The molecule has 3 nitrogen and oxygen atoms in total. The van der Waals surface area contributed by atoms with Crippen molar-refractivity contribution in [3.05, 3.63) is 12.7 Å². The molecule has 0 aliphatic carbocycles. The molecule has 0 amide bonds. The van der Waals surface area contributed by atoms with E-state index in [2.05, 4.69) is 42.3 Å². The van der Waals surface area contributed by atoms with Crippen LogP contribution in [-0.4, -0.2) is 37.1 Å². The lowest BCUT2D eigenvalue weighted by atomic mass is 10.2. The third kappa shape index (κ3) is 5.91. The smallest absolute Gasteiger partial charge is 0.191 e. The Bertz CT molecular complexity index is 200. The minimum atomic E-state index is 0.228. The zero-order valence-electron chi connectivity index (χ0n) is 9.55. The van der Waals surface area contributed by atoms with E-state index < -0.39 is 0 Å². The zero-order valence-corrected chi connectivity index (χ0v) is 10.4. The molecule has 0 atom stereocenters.